The number of morpholine rings is 1. The fraction of sp³-hybridized carbons (Fsp3) is 0.500. The fourth-order valence-corrected chi connectivity index (χ4v) is 6.27. The van der Waals surface area contributed by atoms with Gasteiger partial charge in [-0.1, -0.05) is 69.2 Å². The summed E-state index contributed by atoms with van der Waals surface area (Å²) in [5.74, 6) is -0.0825. The average Bonchev–Trinajstić information content (AvgIpc) is 3.37. The number of carbonyl (C=O) groups is 3. The first-order valence-corrected chi connectivity index (χ1v) is 13.6. The number of benzene rings is 2. The van der Waals surface area contributed by atoms with E-state index in [9.17, 15) is 14.4 Å². The lowest BCUT2D eigenvalue weighted by atomic mass is 9.85. The van der Waals surface area contributed by atoms with Crippen molar-refractivity contribution in [3.8, 4) is 0 Å². The number of carbonyl (C=O) groups excluding carboxylic acids is 3. The minimum Gasteiger partial charge on any atom is -0.378 e. The van der Waals surface area contributed by atoms with E-state index in [1.165, 1.54) is 11.1 Å². The van der Waals surface area contributed by atoms with Gasteiger partial charge < -0.3 is 19.9 Å². The van der Waals surface area contributed by atoms with Gasteiger partial charge in [0, 0.05) is 25.2 Å². The number of piperazine rings is 1. The van der Waals surface area contributed by atoms with E-state index in [-0.39, 0.29) is 36.1 Å². The minimum atomic E-state index is -0.562. The van der Waals surface area contributed by atoms with E-state index in [1.807, 2.05) is 41.3 Å². The summed E-state index contributed by atoms with van der Waals surface area (Å²) in [6.07, 6.45) is 3.16. The van der Waals surface area contributed by atoms with E-state index in [0.717, 1.165) is 31.2 Å². The minimum absolute atomic E-state index is 0.0317. The molecule has 2 aliphatic heterocycles. The van der Waals surface area contributed by atoms with Crippen molar-refractivity contribution in [2.75, 3.05) is 26.3 Å². The Hall–Kier alpha value is -3.19. The zero-order valence-electron chi connectivity index (χ0n) is 21.8. The van der Waals surface area contributed by atoms with E-state index in [0.29, 0.717) is 31.9 Å². The number of rotatable bonds is 7. The molecule has 2 fully saturated rings. The maximum Gasteiger partial charge on any atom is 0.254 e. The number of hydrogen-bond acceptors (Lipinski definition) is 4. The number of nitrogens with zero attached hydrogens (tertiary/aromatic N) is 2. The highest BCUT2D eigenvalue weighted by atomic mass is 16.5. The van der Waals surface area contributed by atoms with Crippen molar-refractivity contribution in [1.29, 1.82) is 0 Å². The molecule has 5 rings (SSSR count). The summed E-state index contributed by atoms with van der Waals surface area (Å²) in [7, 11) is 0. The molecule has 1 N–H and O–H groups in total. The van der Waals surface area contributed by atoms with Crippen LogP contribution in [-0.2, 0) is 33.7 Å². The normalized spacial score (nSPS) is 22.4. The molecule has 0 radical (unpaired) electrons. The highest BCUT2D eigenvalue weighted by Crippen LogP contribution is 2.33. The van der Waals surface area contributed by atoms with E-state index in [1.54, 1.807) is 4.90 Å². The molecule has 7 nitrogen and oxygen atoms in total. The first-order chi connectivity index (χ1) is 18.0. The Morgan fingerprint density at radius 1 is 0.973 bits per heavy atom. The van der Waals surface area contributed by atoms with Gasteiger partial charge >= 0.3 is 0 Å². The third-order valence-corrected chi connectivity index (χ3v) is 8.39. The number of amides is 3. The van der Waals surface area contributed by atoms with Crippen LogP contribution in [0.5, 0.6) is 0 Å². The maximum absolute atomic E-state index is 14.1. The van der Waals surface area contributed by atoms with Gasteiger partial charge in [-0.3, -0.25) is 14.4 Å². The van der Waals surface area contributed by atoms with E-state index in [2.05, 4.69) is 31.3 Å². The second-order valence-corrected chi connectivity index (χ2v) is 10.5. The van der Waals surface area contributed by atoms with Crippen LogP contribution in [-0.4, -0.2) is 65.9 Å². The molecule has 2 aromatic carbocycles. The molecule has 0 unspecified atom stereocenters. The van der Waals surface area contributed by atoms with Gasteiger partial charge in [0.15, 0.2) is 0 Å². The monoisotopic (exact) mass is 503 g/mol. The Morgan fingerprint density at radius 3 is 2.24 bits per heavy atom. The molecular formula is C30H37N3O4. The quantitative estimate of drug-likeness (QED) is 0.630. The van der Waals surface area contributed by atoms with Gasteiger partial charge in [-0.2, -0.15) is 0 Å². The van der Waals surface area contributed by atoms with Crippen molar-refractivity contribution >= 4 is 17.7 Å². The molecule has 0 bridgehead atoms. The van der Waals surface area contributed by atoms with Crippen LogP contribution in [0.1, 0.15) is 53.7 Å². The standard InChI is InChI=1S/C30H37N3O4/c1-3-20(4-2)27-28(34)31-26(24-17-21-9-5-6-10-22(21)18-24)30(36)33(27)19-23-11-7-8-12-25(23)29(35)32-13-15-37-16-14-32/h5-12,20,24,26-27H,3-4,13-19H2,1-2H3,(H,31,34)/t26-,27-/m1/s1. The summed E-state index contributed by atoms with van der Waals surface area (Å²) in [6, 6.07) is 14.7. The van der Waals surface area contributed by atoms with E-state index in [4.69, 9.17) is 4.74 Å². The summed E-state index contributed by atoms with van der Waals surface area (Å²) in [5.41, 5.74) is 3.89. The lowest BCUT2D eigenvalue weighted by molar-refractivity contribution is -0.154. The van der Waals surface area contributed by atoms with Crippen molar-refractivity contribution < 1.29 is 19.1 Å². The predicted molar refractivity (Wildman–Crippen MR) is 141 cm³/mol. The zero-order valence-corrected chi connectivity index (χ0v) is 21.8. The van der Waals surface area contributed by atoms with Gasteiger partial charge in [-0.05, 0) is 47.4 Å². The average molecular weight is 504 g/mol. The molecule has 1 aliphatic carbocycles. The molecule has 0 saturated carbocycles. The highest BCUT2D eigenvalue weighted by Gasteiger charge is 2.47. The van der Waals surface area contributed by atoms with Crippen molar-refractivity contribution in [1.82, 2.24) is 15.1 Å². The molecular weight excluding hydrogens is 466 g/mol. The zero-order chi connectivity index (χ0) is 25.9. The van der Waals surface area contributed by atoms with E-state index < -0.39 is 12.1 Å². The van der Waals surface area contributed by atoms with Crippen LogP contribution in [0.2, 0.25) is 0 Å². The summed E-state index contributed by atoms with van der Waals surface area (Å²) in [4.78, 5) is 44.8. The van der Waals surface area contributed by atoms with Crippen molar-refractivity contribution in [2.45, 2.75) is 58.2 Å². The maximum atomic E-state index is 14.1. The summed E-state index contributed by atoms with van der Waals surface area (Å²) in [6.45, 7) is 6.55. The van der Waals surface area contributed by atoms with Gasteiger partial charge in [0.25, 0.3) is 5.91 Å². The molecule has 2 heterocycles. The number of ether oxygens (including phenoxy) is 1. The van der Waals surface area contributed by atoms with Gasteiger partial charge in [-0.25, -0.2) is 0 Å². The van der Waals surface area contributed by atoms with Gasteiger partial charge in [-0.15, -0.1) is 0 Å². The topological polar surface area (TPSA) is 79.0 Å². The Labute approximate surface area is 219 Å². The third-order valence-electron chi connectivity index (χ3n) is 8.39. The second-order valence-electron chi connectivity index (χ2n) is 10.5. The molecule has 3 amide bonds. The van der Waals surface area contributed by atoms with Crippen LogP contribution < -0.4 is 5.32 Å². The molecule has 2 atom stereocenters. The summed E-state index contributed by atoms with van der Waals surface area (Å²) in [5, 5.41) is 3.13. The fourth-order valence-electron chi connectivity index (χ4n) is 6.27. The van der Waals surface area contributed by atoms with Crippen molar-refractivity contribution in [2.24, 2.45) is 11.8 Å². The molecule has 2 saturated heterocycles. The van der Waals surface area contributed by atoms with Crippen LogP contribution in [0.25, 0.3) is 0 Å². The summed E-state index contributed by atoms with van der Waals surface area (Å²) < 4.78 is 5.42. The number of hydrogen-bond donors (Lipinski definition) is 1. The molecule has 2 aromatic rings. The second kappa shape index (κ2) is 11.1. The molecule has 37 heavy (non-hydrogen) atoms. The number of fused-ring (bicyclic) bond motifs is 1. The first-order valence-electron chi connectivity index (χ1n) is 13.6. The SMILES string of the molecule is CCC(CC)[C@@H]1C(=O)N[C@H](C2Cc3ccccc3C2)C(=O)N1Cc1ccccc1C(=O)N1CCOCC1. The van der Waals surface area contributed by atoms with Gasteiger partial charge in [0.2, 0.25) is 11.8 Å². The van der Waals surface area contributed by atoms with Crippen LogP contribution in [0.15, 0.2) is 48.5 Å². The Bertz CT molecular complexity index is 1130. The van der Waals surface area contributed by atoms with Crippen LogP contribution in [0, 0.1) is 11.8 Å². The largest absolute Gasteiger partial charge is 0.378 e. The number of nitrogens with one attached hydrogen (secondary N) is 1. The Balaban J connectivity index is 1.45. The predicted octanol–water partition coefficient (Wildman–Crippen LogP) is 3.21. The lowest BCUT2D eigenvalue weighted by Gasteiger charge is -2.44. The third kappa shape index (κ3) is 5.01. The van der Waals surface area contributed by atoms with Crippen LogP contribution in [0.3, 0.4) is 0 Å². The van der Waals surface area contributed by atoms with Gasteiger partial charge in [0.05, 0.1) is 13.2 Å². The van der Waals surface area contributed by atoms with Gasteiger partial charge in [0.1, 0.15) is 12.1 Å². The highest BCUT2D eigenvalue weighted by molar-refractivity contribution is 5.98. The summed E-state index contributed by atoms with van der Waals surface area (Å²) >= 11 is 0. The first kappa shape index (κ1) is 25.5. The molecule has 0 spiro atoms. The van der Waals surface area contributed by atoms with Crippen LogP contribution in [0.4, 0.5) is 0 Å². The Kier molecular flexibility index (Phi) is 7.60. The molecule has 7 heteroatoms. The lowest BCUT2D eigenvalue weighted by Crippen LogP contribution is -2.66. The Morgan fingerprint density at radius 2 is 1.59 bits per heavy atom. The molecule has 0 aromatic heterocycles. The van der Waals surface area contributed by atoms with Crippen molar-refractivity contribution in [3.63, 3.8) is 0 Å². The van der Waals surface area contributed by atoms with E-state index >= 15 is 0 Å². The molecule has 196 valence electrons. The smallest absolute Gasteiger partial charge is 0.254 e. The van der Waals surface area contributed by atoms with Crippen molar-refractivity contribution in [3.05, 3.63) is 70.8 Å². The molecule has 3 aliphatic rings. The van der Waals surface area contributed by atoms with Crippen LogP contribution >= 0.6 is 0 Å².